The van der Waals surface area contributed by atoms with E-state index in [0.717, 1.165) is 42.4 Å². The lowest BCUT2D eigenvalue weighted by Gasteiger charge is -2.22. The average molecular weight is 487 g/mol. The fraction of sp³-hybridized carbons (Fsp3) is 0.536. The number of nitrogens with one attached hydrogen (secondary N) is 1. The van der Waals surface area contributed by atoms with Crippen molar-refractivity contribution in [3.05, 3.63) is 59.3 Å². The number of tetrazole rings is 1. The van der Waals surface area contributed by atoms with Crippen molar-refractivity contribution < 1.29 is 0 Å². The zero-order valence-electron chi connectivity index (χ0n) is 22.0. The summed E-state index contributed by atoms with van der Waals surface area (Å²) in [6.45, 7) is 9.62. The van der Waals surface area contributed by atoms with Gasteiger partial charge in [0.25, 0.3) is 0 Å². The molecule has 3 aromatic heterocycles. The Kier molecular flexibility index (Phi) is 7.30. The van der Waals surface area contributed by atoms with Gasteiger partial charge in [-0.05, 0) is 65.1 Å². The van der Waals surface area contributed by atoms with Gasteiger partial charge in [0.05, 0.1) is 12.2 Å². The van der Waals surface area contributed by atoms with Crippen LogP contribution in [0.15, 0.2) is 36.5 Å². The first-order valence-corrected chi connectivity index (χ1v) is 13.4. The van der Waals surface area contributed by atoms with Gasteiger partial charge in [-0.15, -0.1) is 10.2 Å². The van der Waals surface area contributed by atoms with Crippen LogP contribution in [0.3, 0.4) is 0 Å². The Bertz CT molecular complexity index is 1240. The van der Waals surface area contributed by atoms with Crippen LogP contribution in [0.2, 0.25) is 0 Å². The molecule has 1 aliphatic rings. The van der Waals surface area contributed by atoms with Crippen LogP contribution in [0.5, 0.6) is 0 Å². The van der Waals surface area contributed by atoms with Crippen molar-refractivity contribution in [1.29, 1.82) is 0 Å². The van der Waals surface area contributed by atoms with Crippen LogP contribution in [-0.4, -0.2) is 40.0 Å². The van der Waals surface area contributed by atoms with Crippen LogP contribution in [0.1, 0.15) is 88.5 Å². The van der Waals surface area contributed by atoms with Crippen LogP contribution in [0, 0.1) is 11.8 Å². The van der Waals surface area contributed by atoms with E-state index in [2.05, 4.69) is 94.1 Å². The lowest BCUT2D eigenvalue weighted by Crippen LogP contribution is -2.10. The van der Waals surface area contributed by atoms with Gasteiger partial charge >= 0.3 is 0 Å². The molecule has 0 unspecified atom stereocenters. The summed E-state index contributed by atoms with van der Waals surface area (Å²) in [5.74, 6) is 4.32. The number of H-pyrrole nitrogens is 1. The number of hydrogen-bond donors (Lipinski definition) is 1. The van der Waals surface area contributed by atoms with Crippen LogP contribution < -0.4 is 0 Å². The molecule has 0 aliphatic heterocycles. The molecule has 1 aliphatic carbocycles. The summed E-state index contributed by atoms with van der Waals surface area (Å²) in [5.41, 5.74) is 4.70. The fourth-order valence-electron chi connectivity index (χ4n) is 5.36. The highest BCUT2D eigenvalue weighted by Gasteiger charge is 2.24. The molecule has 0 radical (unpaired) electrons. The second kappa shape index (κ2) is 10.8. The van der Waals surface area contributed by atoms with Gasteiger partial charge in [-0.25, -0.2) is 9.67 Å². The first kappa shape index (κ1) is 24.4. The summed E-state index contributed by atoms with van der Waals surface area (Å²) in [6.07, 6.45) is 10.4. The molecule has 8 nitrogen and oxygen atoms in total. The van der Waals surface area contributed by atoms with E-state index in [-0.39, 0.29) is 0 Å². The highest BCUT2D eigenvalue weighted by atomic mass is 15.5. The molecule has 1 N–H and O–H groups in total. The molecule has 8 heteroatoms. The summed E-state index contributed by atoms with van der Waals surface area (Å²) in [7, 11) is 0. The predicted molar refractivity (Wildman–Crippen MR) is 141 cm³/mol. The summed E-state index contributed by atoms with van der Waals surface area (Å²) in [6, 6.07) is 11.0. The highest BCUT2D eigenvalue weighted by Crippen LogP contribution is 2.38. The normalized spacial score (nSPS) is 14.8. The Morgan fingerprint density at radius 2 is 1.69 bits per heavy atom. The first-order valence-electron chi connectivity index (χ1n) is 13.4. The van der Waals surface area contributed by atoms with E-state index in [1.807, 2.05) is 0 Å². The van der Waals surface area contributed by atoms with Gasteiger partial charge in [0, 0.05) is 24.7 Å². The van der Waals surface area contributed by atoms with Crippen molar-refractivity contribution in [1.82, 2.24) is 40.0 Å². The number of nitrogens with zero attached hydrogens (tertiary/aromatic N) is 7. The van der Waals surface area contributed by atoms with Gasteiger partial charge < -0.3 is 4.57 Å². The number of rotatable bonds is 9. The Balaban J connectivity index is 1.42. The molecule has 1 saturated carbocycles. The Labute approximate surface area is 213 Å². The maximum absolute atomic E-state index is 4.86. The van der Waals surface area contributed by atoms with Crippen LogP contribution in [0.4, 0.5) is 0 Å². The number of aromatic amines is 1. The maximum atomic E-state index is 4.86. The molecule has 0 bridgehead atoms. The van der Waals surface area contributed by atoms with Gasteiger partial charge in [-0.3, -0.25) is 0 Å². The summed E-state index contributed by atoms with van der Waals surface area (Å²) < 4.78 is 4.30. The molecular weight excluding hydrogens is 448 g/mol. The molecule has 4 aromatic rings. The van der Waals surface area contributed by atoms with Crippen LogP contribution in [-0.2, 0) is 19.4 Å². The molecule has 1 aromatic carbocycles. The minimum absolute atomic E-state index is 0.540. The van der Waals surface area contributed by atoms with Crippen molar-refractivity contribution in [2.75, 3.05) is 0 Å². The number of benzene rings is 1. The van der Waals surface area contributed by atoms with Gasteiger partial charge in [-0.2, -0.15) is 10.3 Å². The summed E-state index contributed by atoms with van der Waals surface area (Å²) in [5, 5.41) is 20.0. The third-order valence-electron chi connectivity index (χ3n) is 7.04. The minimum atomic E-state index is 0.540. The SMILES string of the molecule is CC(C)Cc1nc(CC(C)C)n(Cc2ccc(-n3ccc(C4CCCCC4)c3-c3nn[nH]n3)cc2)n1. The number of aromatic nitrogens is 8. The first-order chi connectivity index (χ1) is 17.5. The van der Waals surface area contributed by atoms with E-state index in [1.54, 1.807) is 0 Å². The second-order valence-electron chi connectivity index (χ2n) is 11.0. The van der Waals surface area contributed by atoms with E-state index < -0.39 is 0 Å². The minimum Gasteiger partial charge on any atom is -0.313 e. The topological polar surface area (TPSA) is 90.1 Å². The maximum Gasteiger partial charge on any atom is 0.221 e. The molecule has 3 heterocycles. The molecule has 0 spiro atoms. The van der Waals surface area contributed by atoms with E-state index in [4.69, 9.17) is 10.1 Å². The third kappa shape index (κ3) is 5.42. The van der Waals surface area contributed by atoms with Gasteiger partial charge in [0.15, 0.2) is 5.82 Å². The largest absolute Gasteiger partial charge is 0.313 e. The molecule has 36 heavy (non-hydrogen) atoms. The van der Waals surface area contributed by atoms with Crippen molar-refractivity contribution >= 4 is 0 Å². The molecular formula is C28H38N8. The standard InChI is InChI=1S/C28H38N8/c1-19(2)16-25-29-26(17-20(3)4)36(32-25)18-21-10-12-23(13-11-21)35-15-14-24(22-8-6-5-7-9-22)27(35)28-30-33-34-31-28/h10-15,19-20,22H,5-9,16-18H2,1-4H3,(H,30,31,33,34). The molecule has 0 atom stereocenters. The van der Waals surface area contributed by atoms with E-state index in [9.17, 15) is 0 Å². The Morgan fingerprint density at radius 3 is 2.36 bits per heavy atom. The second-order valence-corrected chi connectivity index (χ2v) is 11.0. The lowest BCUT2D eigenvalue weighted by atomic mass is 9.84. The highest BCUT2D eigenvalue weighted by molar-refractivity contribution is 5.61. The fourth-order valence-corrected chi connectivity index (χ4v) is 5.36. The Hall–Kier alpha value is -3.29. The quantitative estimate of drug-likeness (QED) is 0.326. The van der Waals surface area contributed by atoms with Crippen LogP contribution >= 0.6 is 0 Å². The predicted octanol–water partition coefficient (Wildman–Crippen LogP) is 5.74. The van der Waals surface area contributed by atoms with Gasteiger partial charge in [0.2, 0.25) is 5.82 Å². The van der Waals surface area contributed by atoms with E-state index >= 15 is 0 Å². The van der Waals surface area contributed by atoms with Gasteiger partial charge in [0.1, 0.15) is 5.82 Å². The number of hydrogen-bond acceptors (Lipinski definition) is 5. The monoisotopic (exact) mass is 486 g/mol. The summed E-state index contributed by atoms with van der Waals surface area (Å²) in [4.78, 5) is 4.86. The smallest absolute Gasteiger partial charge is 0.221 e. The lowest BCUT2D eigenvalue weighted by molar-refractivity contribution is 0.444. The van der Waals surface area contributed by atoms with Crippen LogP contribution in [0.25, 0.3) is 17.2 Å². The molecule has 0 amide bonds. The zero-order chi connectivity index (χ0) is 25.1. The van der Waals surface area contributed by atoms with Crippen molar-refractivity contribution in [3.8, 4) is 17.2 Å². The zero-order valence-corrected chi connectivity index (χ0v) is 22.0. The van der Waals surface area contributed by atoms with Crippen molar-refractivity contribution in [2.24, 2.45) is 11.8 Å². The average Bonchev–Trinajstić information content (AvgIpc) is 3.60. The van der Waals surface area contributed by atoms with Crippen molar-refractivity contribution in [3.63, 3.8) is 0 Å². The summed E-state index contributed by atoms with van der Waals surface area (Å²) >= 11 is 0. The molecule has 1 fully saturated rings. The molecule has 0 saturated heterocycles. The molecule has 190 valence electrons. The molecule has 5 rings (SSSR count). The van der Waals surface area contributed by atoms with E-state index in [0.29, 0.717) is 23.6 Å². The van der Waals surface area contributed by atoms with Gasteiger partial charge in [-0.1, -0.05) is 59.1 Å². The van der Waals surface area contributed by atoms with Crippen molar-refractivity contribution in [2.45, 2.75) is 85.1 Å². The third-order valence-corrected chi connectivity index (χ3v) is 7.04. The van der Waals surface area contributed by atoms with E-state index in [1.165, 1.54) is 43.2 Å². The Morgan fingerprint density at radius 1 is 0.944 bits per heavy atom.